The van der Waals surface area contributed by atoms with E-state index in [0.29, 0.717) is 39.0 Å². The van der Waals surface area contributed by atoms with Gasteiger partial charge in [0.25, 0.3) is 0 Å². The lowest BCUT2D eigenvalue weighted by Gasteiger charge is -2.35. The van der Waals surface area contributed by atoms with Gasteiger partial charge in [0.05, 0.1) is 19.6 Å². The molecule has 0 radical (unpaired) electrons. The van der Waals surface area contributed by atoms with Crippen LogP contribution in [0.3, 0.4) is 0 Å². The van der Waals surface area contributed by atoms with Crippen LogP contribution in [0.15, 0.2) is 24.3 Å². The fourth-order valence-corrected chi connectivity index (χ4v) is 3.70. The number of carbonyl (C=O) groups excluding carboxylic acids is 2. The molecule has 2 heterocycles. The molecule has 1 aromatic rings. The van der Waals surface area contributed by atoms with Crippen LogP contribution in [0, 0.1) is 0 Å². The van der Waals surface area contributed by atoms with E-state index in [1.54, 1.807) is 7.11 Å². The molecule has 2 fully saturated rings. The molecule has 27 heavy (non-hydrogen) atoms. The first-order chi connectivity index (χ1) is 13.2. The monoisotopic (exact) mass is 374 g/mol. The van der Waals surface area contributed by atoms with Gasteiger partial charge < -0.3 is 19.3 Å². The van der Waals surface area contributed by atoms with Crippen LogP contribution in [-0.4, -0.2) is 67.6 Å². The number of nitrogens with zero attached hydrogens (tertiary/aromatic N) is 2. The van der Waals surface area contributed by atoms with Crippen molar-refractivity contribution in [3.05, 3.63) is 29.8 Å². The van der Waals surface area contributed by atoms with Crippen LogP contribution < -0.4 is 4.74 Å². The lowest BCUT2D eigenvalue weighted by Crippen LogP contribution is -2.51. The third kappa shape index (κ3) is 5.70. The number of piperazine rings is 1. The molecule has 0 spiro atoms. The van der Waals surface area contributed by atoms with E-state index in [2.05, 4.69) is 0 Å². The van der Waals surface area contributed by atoms with Gasteiger partial charge in [-0.15, -0.1) is 0 Å². The molecule has 1 unspecified atom stereocenters. The van der Waals surface area contributed by atoms with Crippen LogP contribution in [0.4, 0.5) is 0 Å². The molecule has 148 valence electrons. The van der Waals surface area contributed by atoms with Crippen LogP contribution in [0.5, 0.6) is 5.75 Å². The maximum Gasteiger partial charge on any atom is 0.225 e. The first-order valence-electron chi connectivity index (χ1n) is 9.96. The van der Waals surface area contributed by atoms with Crippen molar-refractivity contribution in [3.63, 3.8) is 0 Å². The van der Waals surface area contributed by atoms with E-state index in [0.717, 1.165) is 43.6 Å². The van der Waals surface area contributed by atoms with E-state index in [9.17, 15) is 9.59 Å². The van der Waals surface area contributed by atoms with Gasteiger partial charge in [0, 0.05) is 39.2 Å². The molecule has 6 heteroatoms. The van der Waals surface area contributed by atoms with E-state index in [1.165, 1.54) is 0 Å². The Hall–Kier alpha value is -2.08. The maximum atomic E-state index is 12.5. The summed E-state index contributed by atoms with van der Waals surface area (Å²) in [5, 5.41) is 0. The van der Waals surface area contributed by atoms with Crippen molar-refractivity contribution >= 4 is 11.8 Å². The van der Waals surface area contributed by atoms with Crippen LogP contribution in [0.1, 0.15) is 37.7 Å². The number of methoxy groups -OCH3 is 1. The molecule has 0 bridgehead atoms. The zero-order valence-electron chi connectivity index (χ0n) is 16.2. The molecule has 1 atom stereocenters. The lowest BCUT2D eigenvalue weighted by molar-refractivity contribution is -0.141. The number of benzene rings is 1. The van der Waals surface area contributed by atoms with Crippen molar-refractivity contribution in [1.29, 1.82) is 0 Å². The minimum absolute atomic E-state index is 0.0791. The summed E-state index contributed by atoms with van der Waals surface area (Å²) in [6.45, 7) is 3.27. The standard InChI is InChI=1S/C21H30N2O4/c1-26-18-8-5-17(6-9-18)7-10-20(24)22-11-13-23(14-12-22)21(25)16-19-4-2-3-15-27-19/h5-6,8-9,19H,2-4,7,10-16H2,1H3. The summed E-state index contributed by atoms with van der Waals surface area (Å²) in [7, 11) is 1.64. The third-order valence-corrected chi connectivity index (χ3v) is 5.45. The van der Waals surface area contributed by atoms with Gasteiger partial charge in [0.2, 0.25) is 11.8 Å². The summed E-state index contributed by atoms with van der Waals surface area (Å²) in [6.07, 6.45) is 5.00. The predicted molar refractivity (Wildman–Crippen MR) is 103 cm³/mol. The predicted octanol–water partition coefficient (Wildman–Crippen LogP) is 2.26. The second kappa shape index (κ2) is 9.74. The van der Waals surface area contributed by atoms with Gasteiger partial charge in [0.15, 0.2) is 0 Å². The quantitative estimate of drug-likeness (QED) is 0.766. The Bertz CT molecular complexity index is 618. The van der Waals surface area contributed by atoms with E-state index >= 15 is 0 Å². The highest BCUT2D eigenvalue weighted by molar-refractivity contribution is 5.79. The van der Waals surface area contributed by atoms with E-state index in [-0.39, 0.29) is 17.9 Å². The molecular weight excluding hydrogens is 344 g/mol. The van der Waals surface area contributed by atoms with Gasteiger partial charge in [-0.2, -0.15) is 0 Å². The minimum Gasteiger partial charge on any atom is -0.497 e. The first kappa shape index (κ1) is 19.7. The third-order valence-electron chi connectivity index (χ3n) is 5.45. The highest BCUT2D eigenvalue weighted by atomic mass is 16.5. The van der Waals surface area contributed by atoms with Crippen molar-refractivity contribution in [2.45, 2.75) is 44.6 Å². The average molecular weight is 374 g/mol. The molecule has 2 aliphatic rings. The van der Waals surface area contributed by atoms with Crippen molar-refractivity contribution in [3.8, 4) is 5.75 Å². The van der Waals surface area contributed by atoms with Gasteiger partial charge in [-0.1, -0.05) is 12.1 Å². The lowest BCUT2D eigenvalue weighted by atomic mass is 10.1. The van der Waals surface area contributed by atoms with Crippen molar-refractivity contribution in [2.75, 3.05) is 39.9 Å². The number of aryl methyl sites for hydroxylation is 1. The zero-order chi connectivity index (χ0) is 19.1. The summed E-state index contributed by atoms with van der Waals surface area (Å²) < 4.78 is 10.8. The summed E-state index contributed by atoms with van der Waals surface area (Å²) in [6, 6.07) is 7.83. The fraction of sp³-hybridized carbons (Fsp3) is 0.619. The number of rotatable bonds is 6. The van der Waals surface area contributed by atoms with Crippen LogP contribution >= 0.6 is 0 Å². The Morgan fingerprint density at radius 3 is 2.30 bits per heavy atom. The number of hydrogen-bond acceptors (Lipinski definition) is 4. The first-order valence-corrected chi connectivity index (χ1v) is 9.96. The van der Waals surface area contributed by atoms with Gasteiger partial charge >= 0.3 is 0 Å². The smallest absolute Gasteiger partial charge is 0.225 e. The minimum atomic E-state index is 0.0791. The Kier molecular flexibility index (Phi) is 7.10. The largest absolute Gasteiger partial charge is 0.497 e. The molecule has 0 aliphatic carbocycles. The molecular formula is C21H30N2O4. The number of amides is 2. The van der Waals surface area contributed by atoms with Gasteiger partial charge in [-0.3, -0.25) is 9.59 Å². The van der Waals surface area contributed by atoms with E-state index < -0.39 is 0 Å². The summed E-state index contributed by atoms with van der Waals surface area (Å²) in [4.78, 5) is 28.7. The van der Waals surface area contributed by atoms with E-state index in [4.69, 9.17) is 9.47 Å². The molecule has 0 saturated carbocycles. The summed E-state index contributed by atoms with van der Waals surface area (Å²) in [5.74, 6) is 1.14. The highest BCUT2D eigenvalue weighted by Gasteiger charge is 2.26. The van der Waals surface area contributed by atoms with Crippen LogP contribution in [0.2, 0.25) is 0 Å². The number of hydrogen-bond donors (Lipinski definition) is 0. The maximum absolute atomic E-state index is 12.5. The van der Waals surface area contributed by atoms with Crippen molar-refractivity contribution < 1.29 is 19.1 Å². The van der Waals surface area contributed by atoms with Crippen LogP contribution in [-0.2, 0) is 20.7 Å². The SMILES string of the molecule is COc1ccc(CCC(=O)N2CCN(C(=O)CC3CCCCO3)CC2)cc1. The average Bonchev–Trinajstić information content (AvgIpc) is 2.73. The van der Waals surface area contributed by atoms with Crippen molar-refractivity contribution in [1.82, 2.24) is 9.80 Å². The molecule has 0 N–H and O–H groups in total. The second-order valence-corrected chi connectivity index (χ2v) is 7.30. The topological polar surface area (TPSA) is 59.1 Å². The highest BCUT2D eigenvalue weighted by Crippen LogP contribution is 2.18. The van der Waals surface area contributed by atoms with Gasteiger partial charge in [0.1, 0.15) is 5.75 Å². The molecule has 6 nitrogen and oxygen atoms in total. The van der Waals surface area contributed by atoms with Gasteiger partial charge in [-0.25, -0.2) is 0 Å². The van der Waals surface area contributed by atoms with Crippen LogP contribution in [0.25, 0.3) is 0 Å². The molecule has 0 aromatic heterocycles. The van der Waals surface area contributed by atoms with Gasteiger partial charge in [-0.05, 0) is 43.4 Å². The Labute approximate surface area is 161 Å². The Morgan fingerprint density at radius 2 is 1.70 bits per heavy atom. The fourth-order valence-electron chi connectivity index (χ4n) is 3.70. The molecule has 2 saturated heterocycles. The second-order valence-electron chi connectivity index (χ2n) is 7.30. The molecule has 2 aliphatic heterocycles. The Balaban J connectivity index is 1.38. The zero-order valence-corrected chi connectivity index (χ0v) is 16.2. The number of carbonyl (C=O) groups is 2. The van der Waals surface area contributed by atoms with Crippen molar-refractivity contribution in [2.24, 2.45) is 0 Å². The Morgan fingerprint density at radius 1 is 1.04 bits per heavy atom. The molecule has 3 rings (SSSR count). The summed E-state index contributed by atoms with van der Waals surface area (Å²) in [5.41, 5.74) is 1.13. The summed E-state index contributed by atoms with van der Waals surface area (Å²) >= 11 is 0. The normalized spacial score (nSPS) is 20.4. The number of ether oxygens (including phenoxy) is 2. The van der Waals surface area contributed by atoms with E-state index in [1.807, 2.05) is 34.1 Å². The molecule has 2 amide bonds. The molecule has 1 aromatic carbocycles.